The Hall–Kier alpha value is -0.690. The molecule has 5 nitrogen and oxygen atoms in total. The van der Waals surface area contributed by atoms with Gasteiger partial charge in [0.15, 0.2) is 11.7 Å². The summed E-state index contributed by atoms with van der Waals surface area (Å²) in [7, 11) is 0. The summed E-state index contributed by atoms with van der Waals surface area (Å²) in [5.74, 6) is 0.969. The van der Waals surface area contributed by atoms with E-state index in [-0.39, 0.29) is 0 Å². The third-order valence-corrected chi connectivity index (χ3v) is 3.93. The molecule has 21 heavy (non-hydrogen) atoms. The molecule has 0 unspecified atom stereocenters. The van der Waals surface area contributed by atoms with E-state index in [1.165, 1.54) is 0 Å². The highest BCUT2D eigenvalue weighted by Gasteiger charge is 2.12. The van der Waals surface area contributed by atoms with Gasteiger partial charge >= 0.3 is 0 Å². The maximum atomic E-state index is 6.08. The van der Waals surface area contributed by atoms with Gasteiger partial charge in [0, 0.05) is 17.6 Å². The number of hydrogen-bond donors (Lipinski definition) is 1. The van der Waals surface area contributed by atoms with Crippen molar-refractivity contribution in [2.45, 2.75) is 0 Å². The summed E-state index contributed by atoms with van der Waals surface area (Å²) in [5, 5.41) is 0.916. The Morgan fingerprint density at radius 2 is 1.95 bits per heavy atom. The highest BCUT2D eigenvalue weighted by atomic mass is 79.9. The maximum Gasteiger partial charge on any atom is 0.191 e. The minimum atomic E-state index is 0.353. The molecule has 0 aliphatic carbocycles. The van der Waals surface area contributed by atoms with Crippen LogP contribution in [0.3, 0.4) is 0 Å². The molecule has 1 aromatic rings. The molecule has 1 aromatic carbocycles. The summed E-state index contributed by atoms with van der Waals surface area (Å²) in [6.45, 7) is 3.67. The molecule has 0 radical (unpaired) electrons. The average molecular weight is 397 g/mol. The number of nitrogens with zero attached hydrogens (tertiary/aromatic N) is 2. The Bertz CT molecular complexity index is 499. The van der Waals surface area contributed by atoms with Crippen molar-refractivity contribution in [3.63, 3.8) is 0 Å². The third-order valence-electron chi connectivity index (χ3n) is 2.91. The molecule has 0 aromatic heterocycles. The standard InChI is InChI=1S/C13H16BrCl2N3O2/c14-9-7-10(15)12(11(16)8-9)21-4-1-18-13(17)19-2-5-20-6-3-19/h7-8H,1-6H2,(H2,17,18). The second kappa shape index (κ2) is 8.08. The molecule has 0 saturated carbocycles. The predicted molar refractivity (Wildman–Crippen MR) is 88.5 cm³/mol. The van der Waals surface area contributed by atoms with Crippen LogP contribution in [0.1, 0.15) is 0 Å². The number of benzene rings is 1. The number of aliphatic imine (C=N–C) groups is 1. The van der Waals surface area contributed by atoms with E-state index in [0.717, 1.165) is 17.6 Å². The van der Waals surface area contributed by atoms with E-state index in [0.29, 0.717) is 48.1 Å². The first-order chi connectivity index (χ1) is 10.1. The number of guanidine groups is 1. The zero-order valence-electron chi connectivity index (χ0n) is 11.3. The van der Waals surface area contributed by atoms with E-state index in [4.69, 9.17) is 38.4 Å². The Kier molecular flexibility index (Phi) is 6.41. The number of halogens is 3. The zero-order chi connectivity index (χ0) is 15.2. The van der Waals surface area contributed by atoms with Gasteiger partial charge in [0.2, 0.25) is 0 Å². The van der Waals surface area contributed by atoms with Crippen LogP contribution in [0.4, 0.5) is 0 Å². The van der Waals surface area contributed by atoms with Gasteiger partial charge in [-0.2, -0.15) is 0 Å². The quantitative estimate of drug-likeness (QED) is 0.483. The second-order valence-electron chi connectivity index (χ2n) is 4.39. The topological polar surface area (TPSA) is 60.1 Å². The van der Waals surface area contributed by atoms with E-state index in [1.807, 2.05) is 4.90 Å². The highest BCUT2D eigenvalue weighted by molar-refractivity contribution is 9.10. The van der Waals surface area contributed by atoms with Crippen LogP contribution in [0, 0.1) is 0 Å². The summed E-state index contributed by atoms with van der Waals surface area (Å²) in [6.07, 6.45) is 0. The molecule has 0 amide bonds. The van der Waals surface area contributed by atoms with E-state index >= 15 is 0 Å². The van der Waals surface area contributed by atoms with Gasteiger partial charge in [-0.05, 0) is 12.1 Å². The Balaban J connectivity index is 1.84. The van der Waals surface area contributed by atoms with Crippen LogP contribution in [-0.4, -0.2) is 50.3 Å². The summed E-state index contributed by atoms with van der Waals surface area (Å²) in [6, 6.07) is 3.46. The van der Waals surface area contributed by atoms with Crippen molar-refractivity contribution in [1.82, 2.24) is 4.90 Å². The third kappa shape index (κ3) is 4.92. The number of ether oxygens (including phenoxy) is 2. The van der Waals surface area contributed by atoms with Gasteiger partial charge in [-0.3, -0.25) is 0 Å². The molecule has 0 spiro atoms. The first kappa shape index (κ1) is 16.7. The van der Waals surface area contributed by atoms with E-state index < -0.39 is 0 Å². The SMILES string of the molecule is NC(=NCCOc1c(Cl)cc(Br)cc1Cl)N1CCOCC1. The van der Waals surface area contributed by atoms with Crippen molar-refractivity contribution < 1.29 is 9.47 Å². The molecule has 0 bridgehead atoms. The second-order valence-corrected chi connectivity index (χ2v) is 6.12. The minimum Gasteiger partial charge on any atom is -0.489 e. The Morgan fingerprint density at radius 3 is 2.57 bits per heavy atom. The van der Waals surface area contributed by atoms with Crippen LogP contribution in [0.5, 0.6) is 5.75 Å². The average Bonchev–Trinajstić information content (AvgIpc) is 2.46. The van der Waals surface area contributed by atoms with Crippen LogP contribution in [0.15, 0.2) is 21.6 Å². The molecule has 1 saturated heterocycles. The molecule has 2 rings (SSSR count). The van der Waals surface area contributed by atoms with Gasteiger partial charge in [-0.1, -0.05) is 39.1 Å². The molecule has 0 atom stereocenters. The Morgan fingerprint density at radius 1 is 1.33 bits per heavy atom. The van der Waals surface area contributed by atoms with Gasteiger partial charge in [0.05, 0.1) is 29.8 Å². The fourth-order valence-electron chi connectivity index (χ4n) is 1.87. The Labute approximate surface area is 142 Å². The van der Waals surface area contributed by atoms with E-state index in [2.05, 4.69) is 20.9 Å². The van der Waals surface area contributed by atoms with Gasteiger partial charge in [0.25, 0.3) is 0 Å². The monoisotopic (exact) mass is 395 g/mol. The summed E-state index contributed by atoms with van der Waals surface area (Å²) < 4.78 is 11.6. The summed E-state index contributed by atoms with van der Waals surface area (Å²) >= 11 is 15.5. The van der Waals surface area contributed by atoms with E-state index in [9.17, 15) is 0 Å². The van der Waals surface area contributed by atoms with E-state index in [1.54, 1.807) is 12.1 Å². The zero-order valence-corrected chi connectivity index (χ0v) is 14.4. The lowest BCUT2D eigenvalue weighted by Gasteiger charge is -2.27. The van der Waals surface area contributed by atoms with Crippen molar-refractivity contribution in [3.05, 3.63) is 26.7 Å². The van der Waals surface area contributed by atoms with Crippen LogP contribution in [-0.2, 0) is 4.74 Å². The molecule has 2 N–H and O–H groups in total. The maximum absolute atomic E-state index is 6.08. The molecule has 1 heterocycles. The van der Waals surface area contributed by atoms with Gasteiger partial charge < -0.3 is 20.1 Å². The number of nitrogens with two attached hydrogens (primary N) is 1. The molecule has 1 aliphatic rings. The van der Waals surface area contributed by atoms with Crippen LogP contribution < -0.4 is 10.5 Å². The van der Waals surface area contributed by atoms with Crippen molar-refractivity contribution in [3.8, 4) is 5.75 Å². The number of morpholine rings is 1. The minimum absolute atomic E-state index is 0.353. The molecule has 116 valence electrons. The fourth-order valence-corrected chi connectivity index (χ4v) is 3.18. The number of rotatable bonds is 4. The van der Waals surface area contributed by atoms with Gasteiger partial charge in [-0.25, -0.2) is 4.99 Å². The lowest BCUT2D eigenvalue weighted by Crippen LogP contribution is -2.45. The first-order valence-corrected chi connectivity index (χ1v) is 8.03. The van der Waals surface area contributed by atoms with Crippen LogP contribution in [0.25, 0.3) is 0 Å². The first-order valence-electron chi connectivity index (χ1n) is 6.48. The molecular weight excluding hydrogens is 381 g/mol. The van der Waals surface area contributed by atoms with Crippen LogP contribution >= 0.6 is 39.1 Å². The van der Waals surface area contributed by atoms with Gasteiger partial charge in [0.1, 0.15) is 6.61 Å². The molecule has 1 fully saturated rings. The number of hydrogen-bond acceptors (Lipinski definition) is 3. The highest BCUT2D eigenvalue weighted by Crippen LogP contribution is 2.35. The molecular formula is C13H16BrCl2N3O2. The van der Waals surface area contributed by atoms with Crippen molar-refractivity contribution in [2.24, 2.45) is 10.7 Å². The van der Waals surface area contributed by atoms with Crippen LogP contribution in [0.2, 0.25) is 10.0 Å². The van der Waals surface area contributed by atoms with Gasteiger partial charge in [-0.15, -0.1) is 0 Å². The molecule has 8 heteroatoms. The predicted octanol–water partition coefficient (Wildman–Crippen LogP) is 2.78. The normalized spacial score (nSPS) is 16.1. The largest absolute Gasteiger partial charge is 0.489 e. The molecule has 1 aliphatic heterocycles. The lowest BCUT2D eigenvalue weighted by molar-refractivity contribution is 0.0674. The van der Waals surface area contributed by atoms with Crippen molar-refractivity contribution in [2.75, 3.05) is 39.5 Å². The van der Waals surface area contributed by atoms with Crippen molar-refractivity contribution >= 4 is 45.1 Å². The lowest BCUT2D eigenvalue weighted by atomic mass is 10.3. The fraction of sp³-hybridized carbons (Fsp3) is 0.462. The summed E-state index contributed by atoms with van der Waals surface area (Å²) in [4.78, 5) is 6.27. The smallest absolute Gasteiger partial charge is 0.191 e. The summed E-state index contributed by atoms with van der Waals surface area (Å²) in [5.41, 5.74) is 5.91. The van der Waals surface area contributed by atoms with Crippen molar-refractivity contribution in [1.29, 1.82) is 0 Å².